The van der Waals surface area contributed by atoms with E-state index in [9.17, 15) is 25.3 Å². The standard InChI is InChI=1S/C10H14O3S.C8H8Br2O3S.C8H10O3S.C8H10.CH4.B.2ClH.Cu.Na.H2O4S.H/c1-3-8-5-6-9(4-2)10(7-8)14(11,12)13;9-4-6-1-2-7(5-10)8(3-6)14(11,12)13;1-6-3-4-7(2)8(5-6)12(9,10)11;1-7-3-5-8(2)6-4-7;;;;;;;1-5(2,3)4;/h5-7H,3-4H2,1-2H3,(H,11,12,13);1-3H,4-5H2,(H,11,12,13);3-5H,1-2H3,(H,9,10,11);3-6H,1-2H3;1H4;;2*1H;;;(H2,1,2,3,4);/q;;;;;;;;+2;+1;;-1/p-2. The van der Waals surface area contributed by atoms with E-state index in [-0.39, 0.29) is 61.5 Å². The molecule has 24 heteroatoms. The van der Waals surface area contributed by atoms with E-state index < -0.39 is 40.8 Å². The molecule has 4 rings (SSSR count). The summed E-state index contributed by atoms with van der Waals surface area (Å²) in [6.45, 7) is 11.4. The molecule has 0 aromatic heterocycles. The topological polar surface area (TPSA) is 238 Å². The summed E-state index contributed by atoms with van der Waals surface area (Å²) in [6, 6.07) is 23.5. The molecular formula is C35H49BBr2Cl2CuNaO13S4. The Labute approximate surface area is 407 Å². The van der Waals surface area contributed by atoms with Gasteiger partial charge in [0.25, 0.3) is 30.4 Å². The van der Waals surface area contributed by atoms with E-state index in [0.717, 1.165) is 36.2 Å². The Balaban J connectivity index is -0.000000151. The Kier molecular flexibility index (Phi) is 38.0. The summed E-state index contributed by atoms with van der Waals surface area (Å²) in [6.07, 6.45) is 1.35. The zero-order valence-corrected chi connectivity index (χ0v) is 43.3. The van der Waals surface area contributed by atoms with Crippen LogP contribution < -0.4 is 29.6 Å². The fourth-order valence-electron chi connectivity index (χ4n) is 4.01. The summed E-state index contributed by atoms with van der Waals surface area (Å²) >= 11 is 7.13. The predicted molar refractivity (Wildman–Crippen MR) is 238 cm³/mol. The van der Waals surface area contributed by atoms with Gasteiger partial charge in [0.05, 0.1) is 14.7 Å². The van der Waals surface area contributed by atoms with Crippen molar-refractivity contribution in [2.75, 3.05) is 0 Å². The SMILES string of the molecule is C.CCc1ccc(CC)c(S(=O)(=O)O)c1.Cc1ccc(C)c(S(=O)(=O)O)c1.Cc1ccc(C)cc1.O=S(=O)(O)O.O=S(=O)(O)c1cc(CBr)ccc1CBr.[B].[Cl][Cu][Cl].[H-].[Na+]. The average Bonchev–Trinajstić information content (AvgIpc) is 3.09. The van der Waals surface area contributed by atoms with Gasteiger partial charge >= 0.3 is 73.3 Å². The smallest absolute Gasteiger partial charge is 1.00 e. The number of aryl methyl sites for hydroxylation is 6. The van der Waals surface area contributed by atoms with Crippen LogP contribution in [-0.4, -0.2) is 64.8 Å². The van der Waals surface area contributed by atoms with E-state index in [1.54, 1.807) is 44.2 Å². The molecule has 0 aliphatic heterocycles. The molecule has 0 aliphatic rings. The predicted octanol–water partition coefficient (Wildman–Crippen LogP) is 6.73. The van der Waals surface area contributed by atoms with Gasteiger partial charge in [0.2, 0.25) is 0 Å². The molecule has 0 amide bonds. The molecule has 0 spiro atoms. The van der Waals surface area contributed by atoms with Crippen LogP contribution in [0.5, 0.6) is 0 Å². The first-order valence-corrected chi connectivity index (χ1v) is 26.0. The van der Waals surface area contributed by atoms with E-state index in [1.165, 1.54) is 29.3 Å². The van der Waals surface area contributed by atoms with Crippen LogP contribution in [0.4, 0.5) is 0 Å². The molecule has 4 aromatic carbocycles. The summed E-state index contributed by atoms with van der Waals surface area (Å²) in [4.78, 5) is -0.00632. The van der Waals surface area contributed by atoms with Crippen LogP contribution in [0.15, 0.2) is 93.5 Å². The number of halogens is 4. The van der Waals surface area contributed by atoms with Gasteiger partial charge in [-0.3, -0.25) is 22.8 Å². The molecule has 0 heterocycles. The maximum absolute atomic E-state index is 11.0. The number of hydrogen-bond acceptors (Lipinski definition) is 8. The van der Waals surface area contributed by atoms with Gasteiger partial charge in [-0.1, -0.05) is 125 Å². The molecule has 0 fully saturated rings. The Morgan fingerprint density at radius 1 is 0.542 bits per heavy atom. The Bertz CT molecular complexity index is 2170. The third-order valence-electron chi connectivity index (χ3n) is 6.75. The van der Waals surface area contributed by atoms with Crippen LogP contribution in [0.25, 0.3) is 0 Å². The Morgan fingerprint density at radius 3 is 1.20 bits per heavy atom. The largest absolute Gasteiger partial charge is 1.00 e. The molecule has 0 saturated heterocycles. The number of hydrogen-bond donors (Lipinski definition) is 5. The van der Waals surface area contributed by atoms with Crippen molar-refractivity contribution in [3.05, 3.63) is 123 Å². The van der Waals surface area contributed by atoms with Crippen LogP contribution in [0.2, 0.25) is 0 Å². The van der Waals surface area contributed by atoms with Gasteiger partial charge in [-0.15, -0.1) is 0 Å². The quantitative estimate of drug-likeness (QED) is 0.0734. The number of rotatable bonds is 7. The van der Waals surface area contributed by atoms with E-state index in [2.05, 4.69) is 90.2 Å². The van der Waals surface area contributed by atoms with E-state index in [4.69, 9.17) is 31.2 Å². The van der Waals surface area contributed by atoms with Crippen LogP contribution >= 0.6 is 52.1 Å². The monoisotopic (exact) mass is 1130 g/mol. The second-order valence-electron chi connectivity index (χ2n) is 11.2. The molecule has 334 valence electrons. The Morgan fingerprint density at radius 2 is 0.881 bits per heavy atom. The fourth-order valence-corrected chi connectivity index (χ4v) is 7.45. The van der Waals surface area contributed by atoms with Crippen LogP contribution in [0.3, 0.4) is 0 Å². The first-order valence-electron chi connectivity index (χ1n) is 15.5. The van der Waals surface area contributed by atoms with Gasteiger partial charge in [-0.25, -0.2) is 0 Å². The molecular weight excluding hydrogens is 1080 g/mol. The van der Waals surface area contributed by atoms with Gasteiger partial charge < -0.3 is 1.43 Å². The maximum Gasteiger partial charge on any atom is 1.00 e. The molecule has 59 heavy (non-hydrogen) atoms. The second kappa shape index (κ2) is 33.2. The first-order chi connectivity index (χ1) is 25.6. The molecule has 0 bridgehead atoms. The molecule has 4 aromatic rings. The van der Waals surface area contributed by atoms with Crippen molar-refractivity contribution in [1.29, 1.82) is 0 Å². The first kappa shape index (κ1) is 67.7. The second-order valence-corrected chi connectivity index (χ2v) is 18.9. The van der Waals surface area contributed by atoms with Crippen molar-refractivity contribution in [2.45, 2.75) is 87.2 Å². The normalized spacial score (nSPS) is 10.5. The molecule has 0 unspecified atom stereocenters. The maximum atomic E-state index is 11.0. The van der Waals surface area contributed by atoms with Crippen molar-refractivity contribution in [3.63, 3.8) is 0 Å². The van der Waals surface area contributed by atoms with Gasteiger partial charge in [0.1, 0.15) is 0 Å². The molecule has 3 radical (unpaired) electrons. The van der Waals surface area contributed by atoms with Crippen molar-refractivity contribution < 1.29 is 101 Å². The van der Waals surface area contributed by atoms with Gasteiger partial charge in [0.15, 0.2) is 0 Å². The molecule has 0 atom stereocenters. The van der Waals surface area contributed by atoms with Crippen molar-refractivity contribution >= 4 is 101 Å². The van der Waals surface area contributed by atoms with E-state index >= 15 is 0 Å². The van der Waals surface area contributed by atoms with Crippen LogP contribution in [0, 0.1) is 27.7 Å². The van der Waals surface area contributed by atoms with Crippen molar-refractivity contribution in [3.8, 4) is 0 Å². The van der Waals surface area contributed by atoms with E-state index in [0.29, 0.717) is 33.8 Å². The summed E-state index contributed by atoms with van der Waals surface area (Å²) < 4.78 is 124. The number of alkyl halides is 2. The zero-order valence-electron chi connectivity index (χ0n) is 33.4. The van der Waals surface area contributed by atoms with Crippen molar-refractivity contribution in [1.82, 2.24) is 0 Å². The third-order valence-corrected chi connectivity index (χ3v) is 10.9. The summed E-state index contributed by atoms with van der Waals surface area (Å²) in [5.74, 6) is 0. The van der Waals surface area contributed by atoms with Crippen LogP contribution in [-0.2, 0) is 77.4 Å². The minimum Gasteiger partial charge on any atom is -1.00 e. The summed E-state index contributed by atoms with van der Waals surface area (Å²) in [5, 5.41) is 0.947. The minimum absolute atomic E-state index is 0. The Hall–Kier alpha value is -0.396. The van der Waals surface area contributed by atoms with Gasteiger partial charge in [0, 0.05) is 19.1 Å². The molecule has 0 saturated carbocycles. The fraction of sp³-hybridized carbons (Fsp3) is 0.314. The average molecular weight is 1130 g/mol. The zero-order chi connectivity index (χ0) is 44.1. The third kappa shape index (κ3) is 32.0. The molecule has 13 nitrogen and oxygen atoms in total. The summed E-state index contributed by atoms with van der Waals surface area (Å²) in [7, 11) is -7.59. The minimum atomic E-state index is -4.67. The summed E-state index contributed by atoms with van der Waals surface area (Å²) in [5.41, 5.74) is 6.96. The molecule has 5 N–H and O–H groups in total. The van der Waals surface area contributed by atoms with Gasteiger partial charge in [-0.2, -0.15) is 33.7 Å². The van der Waals surface area contributed by atoms with Gasteiger partial charge in [-0.05, 0) is 92.1 Å². The van der Waals surface area contributed by atoms with Crippen molar-refractivity contribution in [2.24, 2.45) is 0 Å². The van der Waals surface area contributed by atoms with E-state index in [1.807, 2.05) is 19.9 Å². The number of benzene rings is 4. The van der Waals surface area contributed by atoms with Crippen LogP contribution in [0.1, 0.15) is 67.2 Å². The molecule has 0 aliphatic carbocycles.